The molecule has 0 saturated carbocycles. The van der Waals surface area contributed by atoms with Gasteiger partial charge in [0.05, 0.1) is 12.6 Å². The van der Waals surface area contributed by atoms with E-state index in [0.29, 0.717) is 12.5 Å². The second-order valence-electron chi connectivity index (χ2n) is 5.34. The SMILES string of the molecule is CC[C@@H]1O[C@@](Cn2cncn2)(c2ccc(F)cc2)[C@H]1C. The van der Waals surface area contributed by atoms with Crippen LogP contribution < -0.4 is 0 Å². The van der Waals surface area contributed by atoms with E-state index in [1.54, 1.807) is 23.1 Å². The summed E-state index contributed by atoms with van der Waals surface area (Å²) < 4.78 is 21.1. The van der Waals surface area contributed by atoms with Crippen molar-refractivity contribution in [2.75, 3.05) is 0 Å². The van der Waals surface area contributed by atoms with E-state index in [0.717, 1.165) is 12.0 Å². The van der Waals surface area contributed by atoms with Crippen LogP contribution in [0.15, 0.2) is 36.9 Å². The molecule has 0 radical (unpaired) electrons. The van der Waals surface area contributed by atoms with Crippen molar-refractivity contribution in [1.29, 1.82) is 0 Å². The maximum atomic E-state index is 13.1. The lowest BCUT2D eigenvalue weighted by Crippen LogP contribution is -2.58. The quantitative estimate of drug-likeness (QED) is 0.861. The summed E-state index contributed by atoms with van der Waals surface area (Å²) in [6, 6.07) is 6.56. The molecule has 3 rings (SSSR count). The Morgan fingerprint density at radius 3 is 2.65 bits per heavy atom. The van der Waals surface area contributed by atoms with Crippen molar-refractivity contribution in [2.24, 2.45) is 5.92 Å². The largest absolute Gasteiger partial charge is 0.364 e. The van der Waals surface area contributed by atoms with Crippen LogP contribution in [0.3, 0.4) is 0 Å². The summed E-state index contributed by atoms with van der Waals surface area (Å²) >= 11 is 0. The Bertz CT molecular complexity index is 569. The predicted octanol–water partition coefficient (Wildman–Crippen LogP) is 2.76. The molecular weight excluding hydrogens is 257 g/mol. The Morgan fingerprint density at radius 2 is 2.10 bits per heavy atom. The van der Waals surface area contributed by atoms with Gasteiger partial charge in [-0.05, 0) is 24.1 Å². The van der Waals surface area contributed by atoms with Crippen LogP contribution in [0.1, 0.15) is 25.8 Å². The molecule has 20 heavy (non-hydrogen) atoms. The Morgan fingerprint density at radius 1 is 1.35 bits per heavy atom. The zero-order valence-electron chi connectivity index (χ0n) is 11.7. The van der Waals surface area contributed by atoms with Crippen LogP contribution in [-0.4, -0.2) is 20.9 Å². The molecule has 0 aliphatic carbocycles. The maximum Gasteiger partial charge on any atom is 0.137 e. The van der Waals surface area contributed by atoms with Crippen molar-refractivity contribution in [3.05, 3.63) is 48.3 Å². The molecule has 2 heterocycles. The first-order chi connectivity index (χ1) is 9.65. The van der Waals surface area contributed by atoms with Crippen LogP contribution in [-0.2, 0) is 16.9 Å². The molecule has 0 unspecified atom stereocenters. The average Bonchev–Trinajstić information content (AvgIpc) is 2.96. The second-order valence-corrected chi connectivity index (χ2v) is 5.34. The summed E-state index contributed by atoms with van der Waals surface area (Å²) in [5.74, 6) is 0.117. The minimum Gasteiger partial charge on any atom is -0.364 e. The van der Waals surface area contributed by atoms with E-state index in [1.807, 2.05) is 0 Å². The van der Waals surface area contributed by atoms with E-state index in [1.165, 1.54) is 18.5 Å². The zero-order chi connectivity index (χ0) is 14.2. The standard InChI is InChI=1S/C15H18FN3O/c1-3-14-11(2)15(20-14,8-19-10-17-9-18-19)12-4-6-13(16)7-5-12/h4-7,9-11,14H,3,8H2,1-2H3/t11-,14-,15+/m0/s1. The van der Waals surface area contributed by atoms with E-state index < -0.39 is 5.60 Å². The van der Waals surface area contributed by atoms with Gasteiger partial charge in [0.15, 0.2) is 0 Å². The highest BCUT2D eigenvalue weighted by Gasteiger charge is 2.53. The molecule has 1 aromatic carbocycles. The normalized spacial score (nSPS) is 29.1. The Kier molecular flexibility index (Phi) is 3.30. The van der Waals surface area contributed by atoms with E-state index in [4.69, 9.17) is 4.74 Å². The van der Waals surface area contributed by atoms with Gasteiger partial charge >= 0.3 is 0 Å². The van der Waals surface area contributed by atoms with E-state index >= 15 is 0 Å². The van der Waals surface area contributed by atoms with Gasteiger partial charge in [-0.25, -0.2) is 14.1 Å². The first-order valence-corrected chi connectivity index (χ1v) is 6.92. The molecule has 1 aromatic heterocycles. The molecular formula is C15H18FN3O. The molecule has 3 atom stereocenters. The molecule has 0 amide bonds. The highest BCUT2D eigenvalue weighted by molar-refractivity contribution is 5.27. The smallest absolute Gasteiger partial charge is 0.137 e. The summed E-state index contributed by atoms with van der Waals surface area (Å²) in [5.41, 5.74) is 0.550. The van der Waals surface area contributed by atoms with E-state index in [9.17, 15) is 4.39 Å². The molecule has 5 heteroatoms. The summed E-state index contributed by atoms with van der Waals surface area (Å²) in [6.45, 7) is 4.89. The van der Waals surface area contributed by atoms with Gasteiger partial charge in [0.2, 0.25) is 0 Å². The van der Waals surface area contributed by atoms with Crippen LogP contribution in [0.5, 0.6) is 0 Å². The summed E-state index contributed by atoms with van der Waals surface area (Å²) in [7, 11) is 0. The van der Waals surface area contributed by atoms with Crippen LogP contribution >= 0.6 is 0 Å². The first-order valence-electron chi connectivity index (χ1n) is 6.92. The molecule has 1 aliphatic rings. The van der Waals surface area contributed by atoms with Gasteiger partial charge in [0, 0.05) is 5.92 Å². The summed E-state index contributed by atoms with van der Waals surface area (Å²) in [4.78, 5) is 3.97. The van der Waals surface area contributed by atoms with Crippen molar-refractivity contribution in [3.8, 4) is 0 Å². The van der Waals surface area contributed by atoms with Crippen LogP contribution in [0.25, 0.3) is 0 Å². The fraction of sp³-hybridized carbons (Fsp3) is 0.467. The number of ether oxygens (including phenoxy) is 1. The summed E-state index contributed by atoms with van der Waals surface area (Å²) in [5, 5.41) is 4.16. The monoisotopic (exact) mass is 275 g/mol. The third-order valence-electron chi connectivity index (χ3n) is 4.25. The third kappa shape index (κ3) is 2.02. The van der Waals surface area contributed by atoms with Gasteiger partial charge in [0.1, 0.15) is 24.1 Å². The minimum absolute atomic E-state index is 0.233. The number of rotatable bonds is 4. The third-order valence-corrected chi connectivity index (χ3v) is 4.25. The Balaban J connectivity index is 1.94. The number of aromatic nitrogens is 3. The number of hydrogen-bond donors (Lipinski definition) is 0. The lowest BCUT2D eigenvalue weighted by atomic mass is 9.72. The molecule has 1 saturated heterocycles. The lowest BCUT2D eigenvalue weighted by molar-refractivity contribution is -0.271. The minimum atomic E-state index is -0.442. The molecule has 0 N–H and O–H groups in total. The van der Waals surface area contributed by atoms with Gasteiger partial charge in [0.25, 0.3) is 0 Å². The molecule has 2 aromatic rings. The Hall–Kier alpha value is -1.75. The van der Waals surface area contributed by atoms with Crippen LogP contribution in [0.4, 0.5) is 4.39 Å². The first kappa shape index (κ1) is 13.2. The fourth-order valence-corrected chi connectivity index (χ4v) is 3.03. The molecule has 4 nitrogen and oxygen atoms in total. The van der Waals surface area contributed by atoms with Gasteiger partial charge in [-0.1, -0.05) is 26.0 Å². The molecule has 1 aliphatic heterocycles. The van der Waals surface area contributed by atoms with Gasteiger partial charge in [-0.2, -0.15) is 5.10 Å². The van der Waals surface area contributed by atoms with Crippen molar-refractivity contribution in [2.45, 2.75) is 38.5 Å². The second kappa shape index (κ2) is 4.98. The number of benzene rings is 1. The maximum absolute atomic E-state index is 13.1. The number of nitrogens with zero attached hydrogens (tertiary/aromatic N) is 3. The van der Waals surface area contributed by atoms with Crippen molar-refractivity contribution < 1.29 is 9.13 Å². The lowest BCUT2D eigenvalue weighted by Gasteiger charge is -2.54. The van der Waals surface area contributed by atoms with Crippen molar-refractivity contribution in [3.63, 3.8) is 0 Å². The van der Waals surface area contributed by atoms with Crippen molar-refractivity contribution >= 4 is 0 Å². The van der Waals surface area contributed by atoms with Crippen LogP contribution in [0.2, 0.25) is 0 Å². The number of halogens is 1. The van der Waals surface area contributed by atoms with E-state index in [2.05, 4.69) is 23.9 Å². The highest BCUT2D eigenvalue weighted by Crippen LogP contribution is 2.49. The summed E-state index contributed by atoms with van der Waals surface area (Å²) in [6.07, 6.45) is 4.41. The fourth-order valence-electron chi connectivity index (χ4n) is 3.03. The topological polar surface area (TPSA) is 39.9 Å². The van der Waals surface area contributed by atoms with Gasteiger partial charge < -0.3 is 4.74 Å². The van der Waals surface area contributed by atoms with Crippen LogP contribution in [0, 0.1) is 11.7 Å². The molecule has 1 fully saturated rings. The van der Waals surface area contributed by atoms with Gasteiger partial charge in [-0.15, -0.1) is 0 Å². The van der Waals surface area contributed by atoms with E-state index in [-0.39, 0.29) is 11.9 Å². The molecule has 0 spiro atoms. The highest BCUT2D eigenvalue weighted by atomic mass is 19.1. The molecule has 0 bridgehead atoms. The van der Waals surface area contributed by atoms with Gasteiger partial charge in [-0.3, -0.25) is 0 Å². The van der Waals surface area contributed by atoms with Crippen molar-refractivity contribution in [1.82, 2.24) is 14.8 Å². The zero-order valence-corrected chi connectivity index (χ0v) is 11.7. The number of hydrogen-bond acceptors (Lipinski definition) is 3. The average molecular weight is 275 g/mol. The predicted molar refractivity (Wildman–Crippen MR) is 72.4 cm³/mol. The Labute approximate surface area is 117 Å². The molecule has 106 valence electrons.